The van der Waals surface area contributed by atoms with Crippen molar-refractivity contribution in [3.05, 3.63) is 35.9 Å². The molecule has 1 aromatic rings. The Hall–Kier alpha value is -1.95. The molecule has 0 amide bonds. The molecule has 0 aliphatic carbocycles. The number of carboxylic acids is 1. The van der Waals surface area contributed by atoms with E-state index in [2.05, 4.69) is 4.72 Å². The lowest BCUT2D eigenvalue weighted by Crippen LogP contribution is -2.45. The Kier molecular flexibility index (Phi) is 5.84. The largest absolute Gasteiger partial charge is 0.480 e. The lowest BCUT2D eigenvalue weighted by atomic mass is 10.1. The maximum atomic E-state index is 12.2. The number of benzene rings is 1. The first-order chi connectivity index (χ1) is 9.79. The first-order valence-electron chi connectivity index (χ1n) is 6.19. The van der Waals surface area contributed by atoms with Gasteiger partial charge < -0.3 is 5.11 Å². The molecular formula is C13H17N3O4S. The number of rotatable bonds is 7. The van der Waals surface area contributed by atoms with Gasteiger partial charge in [0.2, 0.25) is 0 Å². The molecule has 0 saturated heterocycles. The van der Waals surface area contributed by atoms with Gasteiger partial charge in [0.05, 0.1) is 12.5 Å². The Morgan fingerprint density at radius 2 is 2.00 bits per heavy atom. The zero-order valence-electron chi connectivity index (χ0n) is 11.7. The van der Waals surface area contributed by atoms with Crippen LogP contribution in [0.4, 0.5) is 0 Å². The van der Waals surface area contributed by atoms with Gasteiger partial charge >= 0.3 is 5.97 Å². The Morgan fingerprint density at radius 1 is 1.43 bits per heavy atom. The molecule has 0 radical (unpaired) electrons. The van der Waals surface area contributed by atoms with Gasteiger partial charge in [0.15, 0.2) is 0 Å². The van der Waals surface area contributed by atoms with Crippen molar-refractivity contribution in [3.63, 3.8) is 0 Å². The van der Waals surface area contributed by atoms with Gasteiger partial charge in [-0.2, -0.15) is 22.7 Å². The number of nitrogens with zero attached hydrogens (tertiary/aromatic N) is 2. The molecule has 0 heterocycles. The predicted octanol–water partition coefficient (Wildman–Crippen LogP) is 0.881. The molecule has 2 N–H and O–H groups in total. The fourth-order valence-electron chi connectivity index (χ4n) is 1.64. The third-order valence-electron chi connectivity index (χ3n) is 3.03. The van der Waals surface area contributed by atoms with Crippen LogP contribution in [0.15, 0.2) is 30.3 Å². The van der Waals surface area contributed by atoms with E-state index in [4.69, 9.17) is 5.26 Å². The van der Waals surface area contributed by atoms with Gasteiger partial charge in [0, 0.05) is 13.1 Å². The van der Waals surface area contributed by atoms with E-state index in [0.717, 1.165) is 4.31 Å². The molecule has 114 valence electrons. The zero-order valence-corrected chi connectivity index (χ0v) is 12.5. The Bertz CT molecular complexity index is 625. The number of hydrogen-bond donors (Lipinski definition) is 2. The third-order valence-corrected chi connectivity index (χ3v) is 4.68. The first kappa shape index (κ1) is 17.1. The van der Waals surface area contributed by atoms with Crippen molar-refractivity contribution in [3.8, 4) is 6.07 Å². The van der Waals surface area contributed by atoms with Crippen LogP contribution in [-0.4, -0.2) is 36.9 Å². The molecule has 0 aliphatic rings. The quantitative estimate of drug-likeness (QED) is 0.776. The van der Waals surface area contributed by atoms with E-state index >= 15 is 0 Å². The minimum atomic E-state index is -4.02. The third kappa shape index (κ3) is 4.53. The average molecular weight is 311 g/mol. The molecule has 21 heavy (non-hydrogen) atoms. The smallest absolute Gasteiger partial charge is 0.326 e. The van der Waals surface area contributed by atoms with Crippen molar-refractivity contribution in [1.29, 1.82) is 5.26 Å². The highest BCUT2D eigenvalue weighted by Crippen LogP contribution is 2.16. The standard InChI is InChI=1S/C13H17N3O4S/c1-10(8-9-14)16(2)21(19,20)15-12(13(17)18)11-6-4-3-5-7-11/h3-7,10,12,15H,8H2,1-2H3,(H,17,18)/t10?,12-/m0/s1. The number of aliphatic carboxylic acids is 1. The van der Waals surface area contributed by atoms with Crippen LogP contribution >= 0.6 is 0 Å². The molecule has 8 heteroatoms. The molecular weight excluding hydrogens is 294 g/mol. The molecule has 0 aromatic heterocycles. The first-order valence-corrected chi connectivity index (χ1v) is 7.63. The van der Waals surface area contributed by atoms with Crippen LogP contribution < -0.4 is 4.72 Å². The van der Waals surface area contributed by atoms with Crippen molar-refractivity contribution >= 4 is 16.2 Å². The maximum absolute atomic E-state index is 12.2. The van der Waals surface area contributed by atoms with Crippen LogP contribution in [0, 0.1) is 11.3 Å². The fraction of sp³-hybridized carbons (Fsp3) is 0.385. The molecule has 1 aromatic carbocycles. The van der Waals surface area contributed by atoms with E-state index in [1.165, 1.54) is 19.2 Å². The Balaban J connectivity index is 2.99. The summed E-state index contributed by atoms with van der Waals surface area (Å²) in [6.45, 7) is 1.57. The van der Waals surface area contributed by atoms with Crippen LogP contribution in [0.5, 0.6) is 0 Å². The number of nitriles is 1. The molecule has 1 unspecified atom stereocenters. The summed E-state index contributed by atoms with van der Waals surface area (Å²) in [7, 11) is -2.72. The Morgan fingerprint density at radius 3 is 2.48 bits per heavy atom. The molecule has 0 aliphatic heterocycles. The van der Waals surface area contributed by atoms with Crippen LogP contribution in [0.1, 0.15) is 24.9 Å². The minimum absolute atomic E-state index is 0.0144. The van der Waals surface area contributed by atoms with E-state index in [9.17, 15) is 18.3 Å². The second-order valence-electron chi connectivity index (χ2n) is 4.53. The summed E-state index contributed by atoms with van der Waals surface area (Å²) in [5.41, 5.74) is 0.329. The molecule has 1 rings (SSSR count). The maximum Gasteiger partial charge on any atom is 0.326 e. The SMILES string of the molecule is CC(CC#N)N(C)S(=O)(=O)N[C@H](C(=O)O)c1ccccc1. The Labute approximate surface area is 124 Å². The molecule has 7 nitrogen and oxygen atoms in total. The summed E-state index contributed by atoms with van der Waals surface area (Å²) >= 11 is 0. The van der Waals surface area contributed by atoms with Crippen molar-refractivity contribution in [1.82, 2.24) is 9.03 Å². The summed E-state index contributed by atoms with van der Waals surface area (Å²) in [5, 5.41) is 17.8. The van der Waals surface area contributed by atoms with E-state index < -0.39 is 28.3 Å². The van der Waals surface area contributed by atoms with Gasteiger partial charge in [0.25, 0.3) is 10.2 Å². The van der Waals surface area contributed by atoms with E-state index in [1.54, 1.807) is 25.1 Å². The summed E-state index contributed by atoms with van der Waals surface area (Å²) in [4.78, 5) is 11.3. The summed E-state index contributed by atoms with van der Waals surface area (Å²) in [5.74, 6) is -1.30. The van der Waals surface area contributed by atoms with Gasteiger partial charge in [0.1, 0.15) is 6.04 Å². The second kappa shape index (κ2) is 7.17. The van der Waals surface area contributed by atoms with Crippen molar-refractivity contribution in [2.75, 3.05) is 7.05 Å². The van der Waals surface area contributed by atoms with Crippen molar-refractivity contribution in [2.45, 2.75) is 25.4 Å². The summed E-state index contributed by atoms with van der Waals surface area (Å²) < 4.78 is 27.4. The minimum Gasteiger partial charge on any atom is -0.480 e. The predicted molar refractivity (Wildman–Crippen MR) is 76.3 cm³/mol. The van der Waals surface area contributed by atoms with Crippen LogP contribution in [-0.2, 0) is 15.0 Å². The lowest BCUT2D eigenvalue weighted by Gasteiger charge is -2.25. The topological polar surface area (TPSA) is 111 Å². The monoisotopic (exact) mass is 311 g/mol. The van der Waals surface area contributed by atoms with Gasteiger partial charge in [-0.15, -0.1) is 0 Å². The van der Waals surface area contributed by atoms with E-state index in [-0.39, 0.29) is 6.42 Å². The summed E-state index contributed by atoms with van der Waals surface area (Å²) in [6.07, 6.45) is 0.0144. The number of hydrogen-bond acceptors (Lipinski definition) is 4. The van der Waals surface area contributed by atoms with Gasteiger partial charge in [-0.3, -0.25) is 4.79 Å². The van der Waals surface area contributed by atoms with Crippen molar-refractivity contribution in [2.24, 2.45) is 0 Å². The fourth-order valence-corrected chi connectivity index (χ4v) is 2.89. The number of nitrogens with one attached hydrogen (secondary N) is 1. The second-order valence-corrected chi connectivity index (χ2v) is 6.29. The highest BCUT2D eigenvalue weighted by atomic mass is 32.2. The van der Waals surface area contributed by atoms with Crippen LogP contribution in [0.25, 0.3) is 0 Å². The number of carbonyl (C=O) groups is 1. The van der Waals surface area contributed by atoms with Crippen LogP contribution in [0.3, 0.4) is 0 Å². The van der Waals surface area contributed by atoms with E-state index in [0.29, 0.717) is 5.56 Å². The van der Waals surface area contributed by atoms with Crippen LogP contribution in [0.2, 0.25) is 0 Å². The highest BCUT2D eigenvalue weighted by Gasteiger charge is 2.30. The summed E-state index contributed by atoms with van der Waals surface area (Å²) in [6, 6.07) is 7.95. The van der Waals surface area contributed by atoms with Gasteiger partial charge in [-0.25, -0.2) is 0 Å². The van der Waals surface area contributed by atoms with Gasteiger partial charge in [-0.1, -0.05) is 30.3 Å². The number of carboxylic acid groups (broad SMARTS) is 1. The molecule has 0 saturated carbocycles. The normalized spacial score (nSPS) is 14.4. The molecule has 0 bridgehead atoms. The highest BCUT2D eigenvalue weighted by molar-refractivity contribution is 7.87. The van der Waals surface area contributed by atoms with Crippen molar-refractivity contribution < 1.29 is 18.3 Å². The molecule has 0 fully saturated rings. The van der Waals surface area contributed by atoms with Gasteiger partial charge in [-0.05, 0) is 12.5 Å². The van der Waals surface area contributed by atoms with E-state index in [1.807, 2.05) is 6.07 Å². The average Bonchev–Trinajstić information content (AvgIpc) is 2.45. The molecule has 0 spiro atoms. The zero-order chi connectivity index (χ0) is 16.0. The molecule has 2 atom stereocenters. The lowest BCUT2D eigenvalue weighted by molar-refractivity contribution is -0.139.